The highest BCUT2D eigenvalue weighted by Crippen LogP contribution is 2.65. The van der Waals surface area contributed by atoms with Crippen molar-refractivity contribution < 1.29 is 23.9 Å². The maximum atomic E-state index is 12.8. The summed E-state index contributed by atoms with van der Waals surface area (Å²) >= 11 is 5.78. The first kappa shape index (κ1) is 17.6. The van der Waals surface area contributed by atoms with Crippen molar-refractivity contribution in [2.24, 2.45) is 35.5 Å². The van der Waals surface area contributed by atoms with Crippen LogP contribution in [0.15, 0.2) is 36.4 Å². The summed E-state index contributed by atoms with van der Waals surface area (Å²) in [4.78, 5) is 50.9. The molecule has 6 unspecified atom stereocenters. The number of hydrogen-bond donors (Lipinski definition) is 0. The number of hydrogen-bond acceptors (Lipinski definition) is 5. The first-order chi connectivity index (χ1) is 13.5. The van der Waals surface area contributed by atoms with E-state index in [1.165, 1.54) is 0 Å². The average Bonchev–Trinajstić information content (AvgIpc) is 3.48. The van der Waals surface area contributed by atoms with Gasteiger partial charge in [-0.3, -0.25) is 24.1 Å². The van der Waals surface area contributed by atoms with Crippen LogP contribution in [-0.2, 0) is 19.1 Å². The topological polar surface area (TPSA) is 80.8 Å². The summed E-state index contributed by atoms with van der Waals surface area (Å²) in [5, 5.41) is 0.502. The Hall–Kier alpha value is -2.47. The molecular formula is C21H18ClNO5. The van der Waals surface area contributed by atoms with Crippen LogP contribution in [0.3, 0.4) is 0 Å². The second-order valence-electron chi connectivity index (χ2n) is 8.01. The Morgan fingerprint density at radius 2 is 1.57 bits per heavy atom. The fraction of sp³-hybridized carbons (Fsp3) is 0.429. The number of amides is 2. The highest BCUT2D eigenvalue weighted by Gasteiger charge is 2.67. The number of allylic oxidation sites excluding steroid dienone is 2. The van der Waals surface area contributed by atoms with Gasteiger partial charge in [-0.25, -0.2) is 0 Å². The van der Waals surface area contributed by atoms with Gasteiger partial charge in [0.05, 0.1) is 11.8 Å². The van der Waals surface area contributed by atoms with E-state index in [0.717, 1.165) is 11.3 Å². The van der Waals surface area contributed by atoms with E-state index in [1.54, 1.807) is 24.3 Å². The van der Waals surface area contributed by atoms with Crippen LogP contribution in [0.1, 0.15) is 16.8 Å². The Morgan fingerprint density at radius 3 is 2.14 bits per heavy atom. The lowest BCUT2D eigenvalue weighted by molar-refractivity contribution is -0.152. The molecule has 6 atom stereocenters. The molecule has 2 bridgehead atoms. The summed E-state index contributed by atoms with van der Waals surface area (Å²) in [5.41, 5.74) is 0.374. The number of esters is 1. The lowest BCUT2D eigenvalue weighted by Crippen LogP contribution is -2.40. The summed E-state index contributed by atoms with van der Waals surface area (Å²) in [7, 11) is 0. The zero-order valence-electron chi connectivity index (χ0n) is 14.9. The van der Waals surface area contributed by atoms with Crippen molar-refractivity contribution >= 4 is 35.2 Å². The summed E-state index contributed by atoms with van der Waals surface area (Å²) in [6.07, 6.45) is 5.25. The minimum absolute atomic E-state index is 0.115. The molecule has 4 aliphatic carbocycles. The number of nitrogens with zero attached hydrogens (tertiary/aromatic N) is 1. The highest BCUT2D eigenvalue weighted by atomic mass is 35.5. The number of ether oxygens (including phenoxy) is 1. The molecule has 1 heterocycles. The summed E-state index contributed by atoms with van der Waals surface area (Å²) in [5.74, 6) is -1.11. The zero-order valence-corrected chi connectivity index (χ0v) is 15.7. The molecule has 144 valence electrons. The van der Waals surface area contributed by atoms with Gasteiger partial charge in [0.25, 0.3) is 0 Å². The zero-order chi connectivity index (χ0) is 19.6. The highest BCUT2D eigenvalue weighted by molar-refractivity contribution is 6.30. The Morgan fingerprint density at radius 1 is 1.00 bits per heavy atom. The Kier molecular flexibility index (Phi) is 3.95. The molecule has 1 saturated heterocycles. The molecular weight excluding hydrogens is 382 g/mol. The van der Waals surface area contributed by atoms with Gasteiger partial charge in [0, 0.05) is 10.6 Å². The van der Waals surface area contributed by atoms with Crippen LogP contribution < -0.4 is 0 Å². The third kappa shape index (κ3) is 2.62. The molecule has 1 aromatic carbocycles. The third-order valence-corrected chi connectivity index (χ3v) is 6.82. The van der Waals surface area contributed by atoms with Gasteiger partial charge < -0.3 is 4.74 Å². The van der Waals surface area contributed by atoms with Gasteiger partial charge >= 0.3 is 5.97 Å². The predicted molar refractivity (Wildman–Crippen MR) is 98.2 cm³/mol. The molecule has 2 amide bonds. The molecule has 3 fully saturated rings. The fourth-order valence-electron chi connectivity index (χ4n) is 5.21. The summed E-state index contributed by atoms with van der Waals surface area (Å²) < 4.78 is 5.02. The van der Waals surface area contributed by atoms with E-state index in [9.17, 15) is 19.2 Å². The molecule has 1 aromatic rings. The van der Waals surface area contributed by atoms with Gasteiger partial charge in [-0.15, -0.1) is 0 Å². The monoisotopic (exact) mass is 399 g/mol. The minimum Gasteiger partial charge on any atom is -0.456 e. The number of ketones is 1. The lowest BCUT2D eigenvalue weighted by Gasteiger charge is -2.37. The van der Waals surface area contributed by atoms with E-state index in [1.807, 2.05) is 0 Å². The van der Waals surface area contributed by atoms with Crippen molar-refractivity contribution in [3.8, 4) is 0 Å². The lowest BCUT2D eigenvalue weighted by atomic mass is 9.63. The largest absolute Gasteiger partial charge is 0.456 e. The fourth-order valence-corrected chi connectivity index (χ4v) is 5.34. The first-order valence-corrected chi connectivity index (χ1v) is 9.81. The molecule has 0 aromatic heterocycles. The van der Waals surface area contributed by atoms with Gasteiger partial charge in [-0.1, -0.05) is 23.8 Å². The number of Topliss-reactive ketones (excluding diaryl/α,β-unsaturated/α-hetero) is 1. The van der Waals surface area contributed by atoms with Gasteiger partial charge in [-0.2, -0.15) is 0 Å². The molecule has 6 rings (SSSR count). The summed E-state index contributed by atoms with van der Waals surface area (Å²) in [6, 6.07) is 6.25. The Bertz CT molecular complexity index is 887. The van der Waals surface area contributed by atoms with Crippen molar-refractivity contribution in [2.45, 2.75) is 6.42 Å². The Balaban J connectivity index is 1.21. The van der Waals surface area contributed by atoms with Gasteiger partial charge in [0.15, 0.2) is 12.4 Å². The van der Waals surface area contributed by atoms with Crippen molar-refractivity contribution in [3.05, 3.63) is 47.0 Å². The van der Waals surface area contributed by atoms with Crippen molar-refractivity contribution in [2.75, 3.05) is 13.2 Å². The number of carbonyl (C=O) groups is 4. The normalized spacial score (nSPS) is 34.2. The van der Waals surface area contributed by atoms with Crippen LogP contribution in [0, 0.1) is 35.5 Å². The standard InChI is InChI=1S/C21H18ClNO5/c22-11-3-1-10(2-4-11)16(24)9-28-17(25)8-23-20(26)18-12-5-6-13(15-7-14(12)15)19(18)21(23)27/h1-6,12-15,18-19H,7-9H2. The first-order valence-electron chi connectivity index (χ1n) is 9.43. The molecule has 0 N–H and O–H groups in total. The van der Waals surface area contributed by atoms with Crippen LogP contribution in [-0.4, -0.2) is 41.6 Å². The second kappa shape index (κ2) is 6.27. The molecule has 1 aliphatic heterocycles. The molecule has 2 saturated carbocycles. The minimum atomic E-state index is -0.756. The van der Waals surface area contributed by atoms with E-state index < -0.39 is 19.1 Å². The van der Waals surface area contributed by atoms with Crippen LogP contribution in [0.2, 0.25) is 5.02 Å². The van der Waals surface area contributed by atoms with Crippen molar-refractivity contribution in [1.29, 1.82) is 0 Å². The molecule has 0 spiro atoms. The number of halogens is 1. The van der Waals surface area contributed by atoms with Crippen LogP contribution in [0.4, 0.5) is 0 Å². The van der Waals surface area contributed by atoms with Crippen LogP contribution in [0.25, 0.3) is 0 Å². The van der Waals surface area contributed by atoms with Gasteiger partial charge in [0.2, 0.25) is 11.8 Å². The van der Waals surface area contributed by atoms with Crippen molar-refractivity contribution in [1.82, 2.24) is 4.90 Å². The number of carbonyl (C=O) groups excluding carboxylic acids is 4. The van der Waals surface area contributed by atoms with Gasteiger partial charge in [0.1, 0.15) is 6.54 Å². The molecule has 6 nitrogen and oxygen atoms in total. The number of likely N-dealkylation sites (tertiary alicyclic amines) is 1. The second-order valence-corrected chi connectivity index (χ2v) is 8.44. The maximum Gasteiger partial charge on any atom is 0.326 e. The molecule has 7 heteroatoms. The van der Waals surface area contributed by atoms with Crippen LogP contribution in [0.5, 0.6) is 0 Å². The SMILES string of the molecule is O=C(CN1C(=O)C2C3C=CC(C4CC34)C2C1=O)OCC(=O)c1ccc(Cl)cc1. The van der Waals surface area contributed by atoms with Gasteiger partial charge in [-0.05, 0) is 54.4 Å². The molecule has 28 heavy (non-hydrogen) atoms. The number of imide groups is 1. The van der Waals surface area contributed by atoms with E-state index in [4.69, 9.17) is 16.3 Å². The van der Waals surface area contributed by atoms with E-state index in [-0.39, 0.29) is 41.3 Å². The van der Waals surface area contributed by atoms with Crippen molar-refractivity contribution in [3.63, 3.8) is 0 Å². The molecule has 0 radical (unpaired) electrons. The maximum absolute atomic E-state index is 12.8. The smallest absolute Gasteiger partial charge is 0.326 e. The number of benzene rings is 1. The quantitative estimate of drug-likeness (QED) is 0.328. The predicted octanol–water partition coefficient (Wildman–Crippen LogP) is 2.12. The van der Waals surface area contributed by atoms with E-state index >= 15 is 0 Å². The Labute approximate surface area is 166 Å². The van der Waals surface area contributed by atoms with Crippen LogP contribution >= 0.6 is 11.6 Å². The van der Waals surface area contributed by atoms with E-state index in [2.05, 4.69) is 12.2 Å². The number of rotatable bonds is 5. The van der Waals surface area contributed by atoms with E-state index in [0.29, 0.717) is 22.4 Å². The average molecular weight is 400 g/mol. The molecule has 5 aliphatic rings. The third-order valence-electron chi connectivity index (χ3n) is 6.57. The summed E-state index contributed by atoms with van der Waals surface area (Å²) in [6.45, 7) is -0.881.